The van der Waals surface area contributed by atoms with Crippen LogP contribution in [0.3, 0.4) is 0 Å². The molecule has 0 spiro atoms. The Morgan fingerprint density at radius 2 is 2.28 bits per heavy atom. The van der Waals surface area contributed by atoms with Crippen LogP contribution in [0, 0.1) is 10.1 Å². The number of halogens is 2. The smallest absolute Gasteiger partial charge is 0.275 e. The van der Waals surface area contributed by atoms with Gasteiger partial charge in [0.2, 0.25) is 0 Å². The van der Waals surface area contributed by atoms with Gasteiger partial charge in [0.1, 0.15) is 0 Å². The molecule has 0 amide bonds. The number of nitrogens with two attached hydrogens (primary N) is 1. The second-order valence-electron chi connectivity index (χ2n) is 4.31. The maximum atomic E-state index is 10.9. The molecular weight excluding hydrogens is 277 g/mol. The summed E-state index contributed by atoms with van der Waals surface area (Å²) in [5.41, 5.74) is 6.57. The Hall–Kier alpha value is -0.880. The maximum absolute atomic E-state index is 10.9. The number of hydrogen-bond acceptors (Lipinski definition) is 4. The molecule has 2 rings (SSSR count). The van der Waals surface area contributed by atoms with Gasteiger partial charge in [0, 0.05) is 42.3 Å². The van der Waals surface area contributed by atoms with Gasteiger partial charge in [0.15, 0.2) is 0 Å². The van der Waals surface area contributed by atoms with E-state index >= 15 is 0 Å². The number of benzene rings is 1. The number of likely N-dealkylation sites (tertiary alicyclic amines) is 1. The predicted octanol–water partition coefficient (Wildman–Crippen LogP) is 2.20. The van der Waals surface area contributed by atoms with Crippen LogP contribution in [0.2, 0.25) is 5.02 Å². The summed E-state index contributed by atoms with van der Waals surface area (Å²) in [6.07, 6.45) is 0.946. The van der Waals surface area contributed by atoms with Gasteiger partial charge in [-0.25, -0.2) is 0 Å². The molecule has 1 atom stereocenters. The number of nitro benzene ring substituents is 1. The highest BCUT2D eigenvalue weighted by atomic mass is 35.5. The van der Waals surface area contributed by atoms with Crippen molar-refractivity contribution in [2.24, 2.45) is 5.73 Å². The lowest BCUT2D eigenvalue weighted by atomic mass is 10.1. The molecule has 0 aliphatic carbocycles. The van der Waals surface area contributed by atoms with Crippen molar-refractivity contribution < 1.29 is 4.92 Å². The van der Waals surface area contributed by atoms with E-state index in [-0.39, 0.29) is 24.1 Å². The lowest BCUT2D eigenvalue weighted by Crippen LogP contribution is -2.26. The molecule has 1 unspecified atom stereocenters. The Balaban J connectivity index is 0.00000162. The summed E-state index contributed by atoms with van der Waals surface area (Å²) in [5.74, 6) is 0. The summed E-state index contributed by atoms with van der Waals surface area (Å²) in [4.78, 5) is 12.7. The zero-order valence-corrected chi connectivity index (χ0v) is 11.3. The third kappa shape index (κ3) is 3.55. The topological polar surface area (TPSA) is 72.4 Å². The number of nitrogens with zero attached hydrogens (tertiary/aromatic N) is 2. The fourth-order valence-corrected chi connectivity index (χ4v) is 2.25. The van der Waals surface area contributed by atoms with E-state index in [1.807, 2.05) is 0 Å². The van der Waals surface area contributed by atoms with Crippen molar-refractivity contribution in [1.29, 1.82) is 0 Å². The quantitative estimate of drug-likeness (QED) is 0.684. The Morgan fingerprint density at radius 3 is 2.83 bits per heavy atom. The highest BCUT2D eigenvalue weighted by Gasteiger charge is 2.22. The van der Waals surface area contributed by atoms with E-state index in [1.165, 1.54) is 6.07 Å². The van der Waals surface area contributed by atoms with E-state index in [2.05, 4.69) is 4.90 Å². The van der Waals surface area contributed by atoms with Crippen LogP contribution in [-0.2, 0) is 6.54 Å². The van der Waals surface area contributed by atoms with Gasteiger partial charge < -0.3 is 5.73 Å². The molecule has 0 bridgehead atoms. The van der Waals surface area contributed by atoms with Crippen LogP contribution < -0.4 is 5.73 Å². The van der Waals surface area contributed by atoms with Crippen molar-refractivity contribution in [3.63, 3.8) is 0 Å². The van der Waals surface area contributed by atoms with E-state index in [9.17, 15) is 10.1 Å². The van der Waals surface area contributed by atoms with Crippen molar-refractivity contribution in [2.75, 3.05) is 13.1 Å². The minimum absolute atomic E-state index is 0. The van der Waals surface area contributed by atoms with Crippen molar-refractivity contribution in [3.8, 4) is 0 Å². The molecule has 0 radical (unpaired) electrons. The van der Waals surface area contributed by atoms with Gasteiger partial charge in [0.25, 0.3) is 5.69 Å². The molecule has 1 heterocycles. The normalized spacial score (nSPS) is 19.6. The van der Waals surface area contributed by atoms with Crippen LogP contribution in [-0.4, -0.2) is 29.0 Å². The average Bonchev–Trinajstić information content (AvgIpc) is 2.66. The minimum atomic E-state index is -0.392. The lowest BCUT2D eigenvalue weighted by Gasteiger charge is -2.15. The van der Waals surface area contributed by atoms with Gasteiger partial charge in [-0.3, -0.25) is 15.0 Å². The number of hydrogen-bond donors (Lipinski definition) is 1. The Kier molecular flexibility index (Phi) is 5.34. The van der Waals surface area contributed by atoms with E-state index in [4.69, 9.17) is 17.3 Å². The SMILES string of the molecule is Cl.NC1CCN(Cc2ccc(Cl)cc2[N+](=O)[O-])C1. The van der Waals surface area contributed by atoms with Crippen molar-refractivity contribution in [3.05, 3.63) is 38.9 Å². The third-order valence-electron chi connectivity index (χ3n) is 2.95. The lowest BCUT2D eigenvalue weighted by molar-refractivity contribution is -0.385. The van der Waals surface area contributed by atoms with Gasteiger partial charge >= 0.3 is 0 Å². The van der Waals surface area contributed by atoms with Crippen LogP contribution in [0.4, 0.5) is 5.69 Å². The largest absolute Gasteiger partial charge is 0.326 e. The van der Waals surface area contributed by atoms with E-state index in [1.54, 1.807) is 12.1 Å². The monoisotopic (exact) mass is 291 g/mol. The summed E-state index contributed by atoms with van der Waals surface area (Å²) in [6, 6.07) is 4.97. The number of rotatable bonds is 3. The summed E-state index contributed by atoms with van der Waals surface area (Å²) in [5, 5.41) is 11.3. The molecule has 5 nitrogen and oxygen atoms in total. The van der Waals surface area contributed by atoms with Crippen LogP contribution >= 0.6 is 24.0 Å². The van der Waals surface area contributed by atoms with E-state index < -0.39 is 4.92 Å². The summed E-state index contributed by atoms with van der Waals surface area (Å²) in [6.45, 7) is 2.24. The second-order valence-corrected chi connectivity index (χ2v) is 4.75. The van der Waals surface area contributed by atoms with Gasteiger partial charge in [-0.2, -0.15) is 0 Å². The van der Waals surface area contributed by atoms with Crippen LogP contribution in [0.5, 0.6) is 0 Å². The van der Waals surface area contributed by atoms with E-state index in [0.29, 0.717) is 17.1 Å². The Morgan fingerprint density at radius 1 is 1.56 bits per heavy atom. The predicted molar refractivity (Wildman–Crippen MR) is 73.2 cm³/mol. The first-order chi connectivity index (χ1) is 8.06. The Bertz CT molecular complexity index is 442. The van der Waals surface area contributed by atoms with Crippen LogP contribution in [0.25, 0.3) is 0 Å². The van der Waals surface area contributed by atoms with Crippen molar-refractivity contribution >= 4 is 29.7 Å². The fourth-order valence-electron chi connectivity index (χ4n) is 2.09. The second kappa shape index (κ2) is 6.33. The molecule has 1 fully saturated rings. The highest BCUT2D eigenvalue weighted by Crippen LogP contribution is 2.25. The summed E-state index contributed by atoms with van der Waals surface area (Å²) in [7, 11) is 0. The van der Waals surface area contributed by atoms with Crippen molar-refractivity contribution in [1.82, 2.24) is 4.90 Å². The molecular formula is C11H15Cl2N3O2. The standard InChI is InChI=1S/C11H14ClN3O2.ClH/c12-9-2-1-8(11(5-9)15(16)17)6-14-4-3-10(13)7-14;/h1-2,5,10H,3-4,6-7,13H2;1H. The van der Waals surface area contributed by atoms with Gasteiger partial charge in [0.05, 0.1) is 4.92 Å². The molecule has 2 N–H and O–H groups in total. The fraction of sp³-hybridized carbons (Fsp3) is 0.455. The van der Waals surface area contributed by atoms with Crippen molar-refractivity contribution in [2.45, 2.75) is 19.0 Å². The molecule has 0 saturated carbocycles. The minimum Gasteiger partial charge on any atom is -0.326 e. The van der Waals surface area contributed by atoms with E-state index in [0.717, 1.165) is 19.5 Å². The summed E-state index contributed by atoms with van der Waals surface area (Å²) < 4.78 is 0. The average molecular weight is 292 g/mol. The van der Waals surface area contributed by atoms with Gasteiger partial charge in [-0.15, -0.1) is 12.4 Å². The zero-order chi connectivity index (χ0) is 12.4. The van der Waals surface area contributed by atoms with Crippen LogP contribution in [0.15, 0.2) is 18.2 Å². The van der Waals surface area contributed by atoms with Gasteiger partial charge in [-0.1, -0.05) is 11.6 Å². The molecule has 1 aliphatic heterocycles. The maximum Gasteiger partial charge on any atom is 0.275 e. The number of nitro groups is 1. The first-order valence-electron chi connectivity index (χ1n) is 5.47. The molecule has 1 aliphatic rings. The zero-order valence-electron chi connectivity index (χ0n) is 9.71. The summed E-state index contributed by atoms with van der Waals surface area (Å²) >= 11 is 5.76. The van der Waals surface area contributed by atoms with Crippen LogP contribution in [0.1, 0.15) is 12.0 Å². The van der Waals surface area contributed by atoms with Gasteiger partial charge in [-0.05, 0) is 18.6 Å². The molecule has 1 aromatic rings. The third-order valence-corrected chi connectivity index (χ3v) is 3.18. The molecule has 1 aromatic carbocycles. The first kappa shape index (κ1) is 15.2. The highest BCUT2D eigenvalue weighted by molar-refractivity contribution is 6.30. The molecule has 18 heavy (non-hydrogen) atoms. The first-order valence-corrected chi connectivity index (χ1v) is 5.85. The molecule has 100 valence electrons. The molecule has 7 heteroatoms. The molecule has 1 saturated heterocycles. The Labute approximate surface area is 116 Å². The molecule has 0 aromatic heterocycles.